The highest BCUT2D eigenvalue weighted by Gasteiger charge is 2.18. The maximum absolute atomic E-state index is 12.5. The highest BCUT2D eigenvalue weighted by Crippen LogP contribution is 2.17. The fraction of sp³-hybridized carbons (Fsp3) is 0.704. The minimum Gasteiger partial charge on any atom is -0.394 e. The summed E-state index contributed by atoms with van der Waals surface area (Å²) in [6, 6.07) is -0.654. The van der Waals surface area contributed by atoms with Crippen LogP contribution < -0.4 is 5.32 Å². The third-order valence-electron chi connectivity index (χ3n) is 14.2. The topological polar surface area (TPSA) is 69.6 Å². The zero-order valence-electron chi connectivity index (χ0n) is 49.5. The lowest BCUT2D eigenvalue weighted by Gasteiger charge is -2.19. The van der Waals surface area contributed by atoms with Crippen LogP contribution in [0.3, 0.4) is 0 Å². The molecule has 75 heavy (non-hydrogen) atoms. The highest BCUT2D eigenvalue weighted by atomic mass is 16.3. The van der Waals surface area contributed by atoms with Crippen LogP contribution in [0.15, 0.2) is 122 Å². The van der Waals surface area contributed by atoms with Gasteiger partial charge in [-0.15, -0.1) is 0 Å². The van der Waals surface area contributed by atoms with Gasteiger partial charge in [-0.1, -0.05) is 322 Å². The lowest BCUT2D eigenvalue weighted by atomic mass is 10.0. The number of hydrogen-bond acceptors (Lipinski definition) is 3. The first-order valence-corrected chi connectivity index (χ1v) is 32.2. The number of rotatable bonds is 58. The van der Waals surface area contributed by atoms with Crippen molar-refractivity contribution in [2.45, 2.75) is 315 Å². The molecule has 0 heterocycles. The second-order valence-corrected chi connectivity index (χ2v) is 21.4. The van der Waals surface area contributed by atoms with E-state index in [4.69, 9.17) is 0 Å². The molecule has 3 N–H and O–H groups in total. The van der Waals surface area contributed by atoms with Gasteiger partial charge in [0.25, 0.3) is 0 Å². The Hall–Kier alpha value is -3.21. The van der Waals surface area contributed by atoms with Crippen molar-refractivity contribution in [2.24, 2.45) is 0 Å². The summed E-state index contributed by atoms with van der Waals surface area (Å²) >= 11 is 0. The zero-order valence-corrected chi connectivity index (χ0v) is 49.5. The second-order valence-electron chi connectivity index (χ2n) is 21.4. The average Bonchev–Trinajstić information content (AvgIpc) is 3.41. The molecule has 0 aromatic rings. The normalized spacial score (nSPS) is 13.6. The standard InChI is InChI=1S/C71H123NO3/c1-3-5-7-9-11-13-15-17-19-21-23-25-27-29-31-33-35-36-37-39-41-43-45-47-49-51-53-55-57-59-61-63-65-67-71(75)72-69(68-73)70(74)66-64-62-60-58-56-54-52-50-48-46-44-42-40-38-34-32-30-28-26-24-22-20-18-16-14-12-10-8-6-4-2/h5,7,11,13,17,19,23,25,29,31,35-36,39,41,45,47,56,58,64,66,69-70,73-74H,3-4,6,8-10,12,14-16,18,20-22,24,26-28,30,32-34,37-38,40,42-44,46,48-55,57,59-63,65,67-68H2,1-2H3,(H,72,75)/b7-5-,13-11-,19-17-,25-23-,31-29-,36-35-,41-39-,47-45-,58-56+,66-64+. The van der Waals surface area contributed by atoms with Crippen LogP contribution in [0.1, 0.15) is 303 Å². The molecular weight excluding hydrogens is 915 g/mol. The molecule has 430 valence electrons. The van der Waals surface area contributed by atoms with Crippen LogP contribution in [-0.4, -0.2) is 34.9 Å². The number of carbonyl (C=O) groups is 1. The molecule has 0 fully saturated rings. The number of nitrogens with one attached hydrogen (secondary N) is 1. The largest absolute Gasteiger partial charge is 0.394 e. The molecule has 0 aliphatic heterocycles. The summed E-state index contributed by atoms with van der Waals surface area (Å²) in [6.45, 7) is 4.20. The van der Waals surface area contributed by atoms with Gasteiger partial charge in [0.15, 0.2) is 0 Å². The third-order valence-corrected chi connectivity index (χ3v) is 14.2. The number of hydrogen-bond donors (Lipinski definition) is 3. The van der Waals surface area contributed by atoms with Gasteiger partial charge >= 0.3 is 0 Å². The number of aliphatic hydroxyl groups is 2. The lowest BCUT2D eigenvalue weighted by molar-refractivity contribution is -0.123. The average molecular weight is 1040 g/mol. The molecule has 0 spiro atoms. The minimum atomic E-state index is -0.876. The molecule has 0 saturated carbocycles. The van der Waals surface area contributed by atoms with E-state index in [1.807, 2.05) is 6.08 Å². The summed E-state index contributed by atoms with van der Waals surface area (Å²) in [7, 11) is 0. The summed E-state index contributed by atoms with van der Waals surface area (Å²) in [5.41, 5.74) is 0. The Kier molecular flexibility index (Phi) is 62.3. The number of aliphatic hydroxyl groups excluding tert-OH is 2. The summed E-state index contributed by atoms with van der Waals surface area (Å²) in [5, 5.41) is 23.2. The molecule has 4 heteroatoms. The van der Waals surface area contributed by atoms with Gasteiger partial charge in [0.05, 0.1) is 18.8 Å². The van der Waals surface area contributed by atoms with E-state index in [1.165, 1.54) is 186 Å². The van der Waals surface area contributed by atoms with Gasteiger partial charge < -0.3 is 15.5 Å². The Morgan fingerprint density at radius 3 is 0.933 bits per heavy atom. The van der Waals surface area contributed by atoms with Crippen molar-refractivity contribution in [3.8, 4) is 0 Å². The van der Waals surface area contributed by atoms with E-state index in [0.717, 1.165) is 96.3 Å². The first-order chi connectivity index (χ1) is 37.2. The Morgan fingerprint density at radius 2 is 0.600 bits per heavy atom. The quantitative estimate of drug-likeness (QED) is 0.0420. The van der Waals surface area contributed by atoms with E-state index in [9.17, 15) is 15.0 Å². The van der Waals surface area contributed by atoms with Gasteiger partial charge in [0.2, 0.25) is 5.91 Å². The number of allylic oxidation sites excluding steroid dienone is 19. The molecule has 0 radical (unpaired) electrons. The molecule has 4 nitrogen and oxygen atoms in total. The van der Waals surface area contributed by atoms with E-state index >= 15 is 0 Å². The van der Waals surface area contributed by atoms with E-state index in [1.54, 1.807) is 6.08 Å². The van der Waals surface area contributed by atoms with Gasteiger partial charge in [-0.2, -0.15) is 0 Å². The fourth-order valence-corrected chi connectivity index (χ4v) is 9.33. The van der Waals surface area contributed by atoms with Gasteiger partial charge in [-0.25, -0.2) is 0 Å². The Bertz CT molecular complexity index is 1460. The van der Waals surface area contributed by atoms with Crippen LogP contribution in [-0.2, 0) is 4.79 Å². The molecule has 0 aliphatic carbocycles. The molecule has 2 atom stereocenters. The molecule has 1 amide bonds. The van der Waals surface area contributed by atoms with E-state index < -0.39 is 12.1 Å². The van der Waals surface area contributed by atoms with Crippen molar-refractivity contribution in [3.05, 3.63) is 122 Å². The Balaban J connectivity index is 3.59. The smallest absolute Gasteiger partial charge is 0.220 e. The van der Waals surface area contributed by atoms with Crippen molar-refractivity contribution in [1.82, 2.24) is 5.32 Å². The predicted molar refractivity (Wildman–Crippen MR) is 336 cm³/mol. The minimum absolute atomic E-state index is 0.0846. The van der Waals surface area contributed by atoms with Crippen LogP contribution in [0.5, 0.6) is 0 Å². The molecule has 2 unspecified atom stereocenters. The Labute approximate surface area is 467 Å². The summed E-state index contributed by atoms with van der Waals surface area (Å²) < 4.78 is 0. The van der Waals surface area contributed by atoms with Crippen LogP contribution >= 0.6 is 0 Å². The SMILES string of the molecule is CC/C=C\C/C=C\C/C=C\C/C=C\C/C=C\C/C=C\C/C=C\C/C=C\CCCCCCCCCCC(=O)NC(CO)C(O)/C=C/CC/C=C/CCCCCCCCCCCCCCCCCCCCCCCCCC. The Morgan fingerprint density at radius 1 is 0.333 bits per heavy atom. The van der Waals surface area contributed by atoms with Gasteiger partial charge in [-0.3, -0.25) is 4.79 Å². The molecule has 0 bridgehead atoms. The van der Waals surface area contributed by atoms with Gasteiger partial charge in [0.1, 0.15) is 0 Å². The summed E-state index contributed by atoms with van der Waals surface area (Å²) in [6.07, 6.45) is 99.6. The number of unbranched alkanes of at least 4 members (excludes halogenated alkanes) is 33. The van der Waals surface area contributed by atoms with Gasteiger partial charge in [-0.05, 0) is 96.3 Å². The monoisotopic (exact) mass is 1040 g/mol. The fourth-order valence-electron chi connectivity index (χ4n) is 9.33. The second kappa shape index (κ2) is 65.1. The van der Waals surface area contributed by atoms with Crippen molar-refractivity contribution in [3.63, 3.8) is 0 Å². The predicted octanol–water partition coefficient (Wildman–Crippen LogP) is 22.0. The first-order valence-electron chi connectivity index (χ1n) is 32.2. The third kappa shape index (κ3) is 61.5. The number of carbonyl (C=O) groups excluding carboxylic acids is 1. The molecular formula is C71H123NO3. The van der Waals surface area contributed by atoms with E-state index in [2.05, 4.69) is 129 Å². The van der Waals surface area contributed by atoms with Crippen LogP contribution in [0.4, 0.5) is 0 Å². The van der Waals surface area contributed by atoms with Crippen molar-refractivity contribution in [2.75, 3.05) is 6.61 Å². The lowest BCUT2D eigenvalue weighted by Crippen LogP contribution is -2.45. The summed E-state index contributed by atoms with van der Waals surface area (Å²) in [4.78, 5) is 12.5. The molecule has 0 aromatic carbocycles. The molecule has 0 rings (SSSR count). The van der Waals surface area contributed by atoms with E-state index in [0.29, 0.717) is 6.42 Å². The van der Waals surface area contributed by atoms with Crippen molar-refractivity contribution in [1.29, 1.82) is 0 Å². The van der Waals surface area contributed by atoms with Crippen LogP contribution in [0, 0.1) is 0 Å². The zero-order chi connectivity index (χ0) is 54.1. The van der Waals surface area contributed by atoms with Crippen LogP contribution in [0.2, 0.25) is 0 Å². The maximum Gasteiger partial charge on any atom is 0.220 e. The molecule has 0 aliphatic rings. The van der Waals surface area contributed by atoms with Crippen molar-refractivity contribution < 1.29 is 15.0 Å². The highest BCUT2D eigenvalue weighted by molar-refractivity contribution is 5.76. The summed E-state index contributed by atoms with van der Waals surface area (Å²) in [5.74, 6) is -0.0846. The maximum atomic E-state index is 12.5. The van der Waals surface area contributed by atoms with Crippen molar-refractivity contribution >= 4 is 5.91 Å². The molecule has 0 aromatic heterocycles. The van der Waals surface area contributed by atoms with E-state index in [-0.39, 0.29) is 12.5 Å². The number of amides is 1. The molecule has 0 saturated heterocycles. The van der Waals surface area contributed by atoms with Gasteiger partial charge in [0, 0.05) is 6.42 Å². The van der Waals surface area contributed by atoms with Crippen LogP contribution in [0.25, 0.3) is 0 Å². The first kappa shape index (κ1) is 71.8.